The van der Waals surface area contributed by atoms with Gasteiger partial charge in [0.15, 0.2) is 0 Å². The lowest BCUT2D eigenvalue weighted by molar-refractivity contribution is -0.143. The van der Waals surface area contributed by atoms with E-state index in [4.69, 9.17) is 5.11 Å². The molecule has 2 rings (SSSR count). The van der Waals surface area contributed by atoms with E-state index in [2.05, 4.69) is 10.0 Å². The molecule has 0 bridgehead atoms. The first-order valence-electron chi connectivity index (χ1n) is 8.35. The number of nitrogens with one attached hydrogen (secondary N) is 2. The van der Waals surface area contributed by atoms with Crippen molar-refractivity contribution >= 4 is 27.6 Å². The molecule has 7 nitrogen and oxygen atoms in total. The normalized spacial score (nSPS) is 21.1. The van der Waals surface area contributed by atoms with Crippen molar-refractivity contribution in [2.24, 2.45) is 11.8 Å². The minimum Gasteiger partial charge on any atom is -0.481 e. The van der Waals surface area contributed by atoms with E-state index in [0.29, 0.717) is 31.4 Å². The van der Waals surface area contributed by atoms with Crippen molar-refractivity contribution in [2.75, 3.05) is 5.32 Å². The Kier molecular flexibility index (Phi) is 6.18. The van der Waals surface area contributed by atoms with Gasteiger partial charge in [0, 0.05) is 17.6 Å². The van der Waals surface area contributed by atoms with Gasteiger partial charge in [0.05, 0.1) is 10.8 Å². The molecule has 0 heterocycles. The third-order valence-corrected chi connectivity index (χ3v) is 5.94. The predicted molar refractivity (Wildman–Crippen MR) is 93.6 cm³/mol. The third kappa shape index (κ3) is 5.27. The third-order valence-electron chi connectivity index (χ3n) is 4.27. The summed E-state index contributed by atoms with van der Waals surface area (Å²) in [6, 6.07) is 5.79. The number of sulfonamides is 1. The number of benzene rings is 1. The van der Waals surface area contributed by atoms with Crippen LogP contribution in [0.15, 0.2) is 29.2 Å². The maximum Gasteiger partial charge on any atom is 0.306 e. The molecule has 8 heteroatoms. The van der Waals surface area contributed by atoms with Gasteiger partial charge in [0.1, 0.15) is 0 Å². The van der Waals surface area contributed by atoms with Crippen molar-refractivity contribution in [2.45, 2.75) is 50.5 Å². The molecule has 1 aromatic carbocycles. The van der Waals surface area contributed by atoms with Gasteiger partial charge < -0.3 is 10.4 Å². The standard InChI is InChI=1S/C17H24N2O5S/c1-11(2)19-25(23,24)15-9-7-14(8-10-15)18-16(20)12-3-5-13(6-4-12)17(21)22/h7-13,19H,3-6H2,1-2H3,(H,18,20)(H,21,22). The van der Waals surface area contributed by atoms with Crippen LogP contribution in [0, 0.1) is 11.8 Å². The van der Waals surface area contributed by atoms with Crippen LogP contribution in [0.25, 0.3) is 0 Å². The van der Waals surface area contributed by atoms with Crippen molar-refractivity contribution in [3.8, 4) is 0 Å². The van der Waals surface area contributed by atoms with Gasteiger partial charge in [-0.2, -0.15) is 0 Å². The molecule has 0 aromatic heterocycles. The van der Waals surface area contributed by atoms with Gasteiger partial charge in [-0.05, 0) is 63.8 Å². The van der Waals surface area contributed by atoms with Crippen molar-refractivity contribution < 1.29 is 23.1 Å². The Hall–Kier alpha value is -1.93. The van der Waals surface area contributed by atoms with E-state index < -0.39 is 16.0 Å². The number of carbonyl (C=O) groups is 2. The number of carboxylic acids is 1. The molecule has 0 spiro atoms. The summed E-state index contributed by atoms with van der Waals surface area (Å²) in [5.41, 5.74) is 0.522. The summed E-state index contributed by atoms with van der Waals surface area (Å²) in [6.45, 7) is 3.48. The van der Waals surface area contributed by atoms with Gasteiger partial charge in [-0.1, -0.05) is 0 Å². The fourth-order valence-corrected chi connectivity index (χ4v) is 4.19. The van der Waals surface area contributed by atoms with Crippen molar-refractivity contribution in [1.82, 2.24) is 4.72 Å². The van der Waals surface area contributed by atoms with Gasteiger partial charge in [-0.3, -0.25) is 9.59 Å². The van der Waals surface area contributed by atoms with Crippen LogP contribution in [0.5, 0.6) is 0 Å². The average molecular weight is 368 g/mol. The molecule has 0 saturated heterocycles. The van der Waals surface area contributed by atoms with Gasteiger partial charge in [-0.25, -0.2) is 13.1 Å². The fraction of sp³-hybridized carbons (Fsp3) is 0.529. The molecule has 25 heavy (non-hydrogen) atoms. The Labute approximate surface area is 147 Å². The molecule has 1 amide bonds. The summed E-state index contributed by atoms with van der Waals surface area (Å²) >= 11 is 0. The highest BCUT2D eigenvalue weighted by Gasteiger charge is 2.29. The zero-order chi connectivity index (χ0) is 18.6. The first kappa shape index (κ1) is 19.4. The highest BCUT2D eigenvalue weighted by molar-refractivity contribution is 7.89. The predicted octanol–water partition coefficient (Wildman–Crippen LogP) is 2.20. The number of amides is 1. The molecule has 1 aromatic rings. The number of carbonyl (C=O) groups excluding carboxylic acids is 1. The minimum atomic E-state index is -3.56. The monoisotopic (exact) mass is 368 g/mol. The molecular formula is C17H24N2O5S. The molecule has 0 unspecified atom stereocenters. The van der Waals surface area contributed by atoms with Crippen LogP contribution < -0.4 is 10.0 Å². The number of hydrogen-bond acceptors (Lipinski definition) is 4. The summed E-state index contributed by atoms with van der Waals surface area (Å²) in [4.78, 5) is 23.4. The highest BCUT2D eigenvalue weighted by Crippen LogP contribution is 2.30. The number of carboxylic acid groups (broad SMARTS) is 1. The first-order chi connectivity index (χ1) is 11.7. The van der Waals surface area contributed by atoms with E-state index >= 15 is 0 Å². The summed E-state index contributed by atoms with van der Waals surface area (Å²) in [7, 11) is -3.56. The minimum absolute atomic E-state index is 0.140. The maximum atomic E-state index is 12.3. The highest BCUT2D eigenvalue weighted by atomic mass is 32.2. The van der Waals surface area contributed by atoms with Crippen LogP contribution >= 0.6 is 0 Å². The molecule has 1 aliphatic rings. The lowest BCUT2D eigenvalue weighted by Crippen LogP contribution is -2.30. The van der Waals surface area contributed by atoms with Crippen molar-refractivity contribution in [3.63, 3.8) is 0 Å². The van der Waals surface area contributed by atoms with Crippen LogP contribution in [0.3, 0.4) is 0 Å². The molecule has 1 aliphatic carbocycles. The van der Waals surface area contributed by atoms with Gasteiger partial charge in [0.25, 0.3) is 0 Å². The van der Waals surface area contributed by atoms with E-state index in [1.807, 2.05) is 0 Å². The number of rotatable bonds is 6. The topological polar surface area (TPSA) is 113 Å². The Morgan fingerprint density at radius 3 is 2.04 bits per heavy atom. The molecule has 3 N–H and O–H groups in total. The summed E-state index contributed by atoms with van der Waals surface area (Å²) in [5, 5.41) is 11.8. The molecule has 1 saturated carbocycles. The molecule has 0 atom stereocenters. The van der Waals surface area contributed by atoms with Crippen molar-refractivity contribution in [3.05, 3.63) is 24.3 Å². The Morgan fingerprint density at radius 2 is 1.56 bits per heavy atom. The van der Waals surface area contributed by atoms with Crippen LogP contribution in [0.1, 0.15) is 39.5 Å². The molecule has 0 radical (unpaired) electrons. The maximum absolute atomic E-state index is 12.3. The van der Waals surface area contributed by atoms with E-state index in [0.717, 1.165) is 0 Å². The SMILES string of the molecule is CC(C)NS(=O)(=O)c1ccc(NC(=O)C2CCC(C(=O)O)CC2)cc1. The zero-order valence-electron chi connectivity index (χ0n) is 14.4. The Balaban J connectivity index is 1.95. The Bertz CT molecular complexity index is 720. The second-order valence-electron chi connectivity index (χ2n) is 6.68. The summed E-state index contributed by atoms with van der Waals surface area (Å²) < 4.78 is 26.6. The molecule has 0 aliphatic heterocycles. The Morgan fingerprint density at radius 1 is 1.04 bits per heavy atom. The quantitative estimate of drug-likeness (QED) is 0.712. The van der Waals surface area contributed by atoms with Crippen molar-refractivity contribution in [1.29, 1.82) is 0 Å². The van der Waals surface area contributed by atoms with Crippen LogP contribution in [0.2, 0.25) is 0 Å². The lowest BCUT2D eigenvalue weighted by Gasteiger charge is -2.25. The summed E-state index contributed by atoms with van der Waals surface area (Å²) in [6.07, 6.45) is 2.11. The van der Waals surface area contributed by atoms with Crippen LogP contribution in [-0.2, 0) is 19.6 Å². The first-order valence-corrected chi connectivity index (χ1v) is 9.83. The van der Waals surface area contributed by atoms with E-state index in [1.165, 1.54) is 12.1 Å². The van der Waals surface area contributed by atoms with Crippen LogP contribution in [0.4, 0.5) is 5.69 Å². The van der Waals surface area contributed by atoms with Gasteiger partial charge in [-0.15, -0.1) is 0 Å². The van der Waals surface area contributed by atoms with E-state index in [-0.39, 0.29) is 28.7 Å². The second kappa shape index (κ2) is 7.97. The number of aliphatic carboxylic acids is 1. The number of anilines is 1. The second-order valence-corrected chi connectivity index (χ2v) is 8.39. The number of hydrogen-bond donors (Lipinski definition) is 3. The lowest BCUT2D eigenvalue weighted by atomic mass is 9.81. The van der Waals surface area contributed by atoms with Gasteiger partial charge in [0.2, 0.25) is 15.9 Å². The zero-order valence-corrected chi connectivity index (χ0v) is 15.2. The summed E-state index contributed by atoms with van der Waals surface area (Å²) in [5.74, 6) is -1.52. The fourth-order valence-electron chi connectivity index (χ4n) is 2.94. The van der Waals surface area contributed by atoms with Gasteiger partial charge >= 0.3 is 5.97 Å². The molecule has 138 valence electrons. The smallest absolute Gasteiger partial charge is 0.306 e. The molecule has 1 fully saturated rings. The van der Waals surface area contributed by atoms with E-state index in [1.54, 1.807) is 26.0 Å². The average Bonchev–Trinajstić information content (AvgIpc) is 2.54. The van der Waals surface area contributed by atoms with E-state index in [9.17, 15) is 18.0 Å². The van der Waals surface area contributed by atoms with Crippen LogP contribution in [-0.4, -0.2) is 31.4 Å². The largest absolute Gasteiger partial charge is 0.481 e. The molecular weight excluding hydrogens is 344 g/mol.